The van der Waals surface area contributed by atoms with Crippen LogP contribution in [0.15, 0.2) is 18.2 Å². The van der Waals surface area contributed by atoms with Gasteiger partial charge in [-0.15, -0.1) is 0 Å². The van der Waals surface area contributed by atoms with Gasteiger partial charge in [0.2, 0.25) is 0 Å². The van der Waals surface area contributed by atoms with Crippen molar-refractivity contribution in [2.45, 2.75) is 19.4 Å². The molecule has 0 spiro atoms. The van der Waals surface area contributed by atoms with Gasteiger partial charge < -0.3 is 11.1 Å². The number of thiocarbonyl (C=S) groups is 1. The molecule has 0 radical (unpaired) electrons. The van der Waals surface area contributed by atoms with E-state index in [1.807, 2.05) is 0 Å². The van der Waals surface area contributed by atoms with Crippen LogP contribution in [0.3, 0.4) is 0 Å². The largest absolute Gasteiger partial charge is 0.393 e. The first-order chi connectivity index (χ1) is 7.91. The Labute approximate surface area is 109 Å². The number of nitrogens with one attached hydrogen (secondary N) is 1. The van der Waals surface area contributed by atoms with Crippen molar-refractivity contribution in [1.82, 2.24) is 5.32 Å². The van der Waals surface area contributed by atoms with Gasteiger partial charge in [-0.05, 0) is 19.1 Å². The molecule has 1 rings (SSSR count). The molecule has 0 saturated heterocycles. The van der Waals surface area contributed by atoms with Crippen LogP contribution in [-0.4, -0.2) is 16.9 Å². The predicted molar refractivity (Wildman–Crippen MR) is 69.7 cm³/mol. The van der Waals surface area contributed by atoms with E-state index < -0.39 is 11.7 Å². The SMILES string of the molecule is CC(CC(N)=S)NC(=O)c1c(F)cccc1Cl. The van der Waals surface area contributed by atoms with E-state index in [1.165, 1.54) is 18.2 Å². The van der Waals surface area contributed by atoms with Crippen LogP contribution < -0.4 is 11.1 Å². The highest BCUT2D eigenvalue weighted by Crippen LogP contribution is 2.18. The van der Waals surface area contributed by atoms with Crippen molar-refractivity contribution in [3.63, 3.8) is 0 Å². The molecule has 17 heavy (non-hydrogen) atoms. The zero-order chi connectivity index (χ0) is 13.0. The standard InChI is InChI=1S/C11H12ClFN2OS/c1-6(5-9(14)17)15-11(16)10-7(12)3-2-4-8(10)13/h2-4,6H,5H2,1H3,(H2,14,17)(H,15,16). The summed E-state index contributed by atoms with van der Waals surface area (Å²) in [6.07, 6.45) is 0.354. The predicted octanol–water partition coefficient (Wildman–Crippen LogP) is 2.27. The maximum atomic E-state index is 13.4. The second kappa shape index (κ2) is 5.93. The minimum atomic E-state index is -0.655. The van der Waals surface area contributed by atoms with Crippen LogP contribution in [0, 0.1) is 5.82 Å². The molecule has 0 aliphatic carbocycles. The van der Waals surface area contributed by atoms with Gasteiger partial charge >= 0.3 is 0 Å². The van der Waals surface area contributed by atoms with Crippen LogP contribution in [-0.2, 0) is 0 Å². The molecule has 92 valence electrons. The number of rotatable bonds is 4. The molecule has 1 unspecified atom stereocenters. The number of amides is 1. The van der Waals surface area contributed by atoms with Crippen LogP contribution in [0.5, 0.6) is 0 Å². The molecule has 0 bridgehead atoms. The molecule has 0 aliphatic rings. The third kappa shape index (κ3) is 3.94. The van der Waals surface area contributed by atoms with Gasteiger partial charge in [0, 0.05) is 12.5 Å². The first-order valence-electron chi connectivity index (χ1n) is 4.95. The number of benzene rings is 1. The Morgan fingerprint density at radius 2 is 2.29 bits per heavy atom. The Bertz CT molecular complexity index is 433. The van der Waals surface area contributed by atoms with Crippen molar-refractivity contribution < 1.29 is 9.18 Å². The number of carbonyl (C=O) groups excluding carboxylic acids is 1. The van der Waals surface area contributed by atoms with E-state index in [4.69, 9.17) is 29.6 Å². The number of halogens is 2. The van der Waals surface area contributed by atoms with Crippen LogP contribution in [0.25, 0.3) is 0 Å². The van der Waals surface area contributed by atoms with Crippen LogP contribution in [0.4, 0.5) is 4.39 Å². The van der Waals surface area contributed by atoms with Crippen LogP contribution in [0.2, 0.25) is 5.02 Å². The van der Waals surface area contributed by atoms with E-state index in [-0.39, 0.29) is 21.6 Å². The lowest BCUT2D eigenvalue weighted by Crippen LogP contribution is -2.35. The lowest BCUT2D eigenvalue weighted by molar-refractivity contribution is 0.0937. The Hall–Kier alpha value is -1.20. The molecule has 1 aromatic rings. The van der Waals surface area contributed by atoms with Gasteiger partial charge in [0.1, 0.15) is 5.82 Å². The zero-order valence-electron chi connectivity index (χ0n) is 9.17. The fourth-order valence-electron chi connectivity index (χ4n) is 1.36. The number of hydrogen-bond acceptors (Lipinski definition) is 2. The monoisotopic (exact) mass is 274 g/mol. The highest BCUT2D eigenvalue weighted by molar-refractivity contribution is 7.80. The summed E-state index contributed by atoms with van der Waals surface area (Å²) in [7, 11) is 0. The molecule has 0 fully saturated rings. The van der Waals surface area contributed by atoms with Crippen molar-refractivity contribution in [1.29, 1.82) is 0 Å². The maximum Gasteiger partial charge on any atom is 0.255 e. The third-order valence-electron chi connectivity index (χ3n) is 2.07. The Kier molecular flexibility index (Phi) is 4.84. The van der Waals surface area contributed by atoms with Crippen molar-refractivity contribution in [3.8, 4) is 0 Å². The highest BCUT2D eigenvalue weighted by Gasteiger charge is 2.17. The molecular formula is C11H12ClFN2OS. The minimum Gasteiger partial charge on any atom is -0.393 e. The molecule has 1 atom stereocenters. The normalized spacial score (nSPS) is 11.9. The molecule has 0 saturated carbocycles. The van der Waals surface area contributed by atoms with E-state index in [1.54, 1.807) is 6.92 Å². The number of carbonyl (C=O) groups is 1. The van der Waals surface area contributed by atoms with E-state index in [2.05, 4.69) is 5.32 Å². The molecule has 6 heteroatoms. The lowest BCUT2D eigenvalue weighted by atomic mass is 10.1. The van der Waals surface area contributed by atoms with E-state index in [9.17, 15) is 9.18 Å². The van der Waals surface area contributed by atoms with Gasteiger partial charge in [-0.25, -0.2) is 4.39 Å². The molecule has 0 heterocycles. The quantitative estimate of drug-likeness (QED) is 0.828. The van der Waals surface area contributed by atoms with Gasteiger partial charge in [0.05, 0.1) is 15.6 Å². The van der Waals surface area contributed by atoms with Crippen LogP contribution >= 0.6 is 23.8 Å². The second-order valence-electron chi connectivity index (χ2n) is 3.64. The van der Waals surface area contributed by atoms with Crippen molar-refractivity contribution in [2.75, 3.05) is 0 Å². The van der Waals surface area contributed by atoms with Gasteiger partial charge in [-0.3, -0.25) is 4.79 Å². The zero-order valence-corrected chi connectivity index (χ0v) is 10.7. The third-order valence-corrected chi connectivity index (χ3v) is 2.56. The van der Waals surface area contributed by atoms with Gasteiger partial charge in [0.25, 0.3) is 5.91 Å². The molecule has 3 N–H and O–H groups in total. The molecule has 0 aromatic heterocycles. The average Bonchev–Trinajstić information content (AvgIpc) is 2.15. The van der Waals surface area contributed by atoms with Gasteiger partial charge in [0.15, 0.2) is 0 Å². The molecule has 1 aromatic carbocycles. The van der Waals surface area contributed by atoms with Crippen molar-refractivity contribution in [3.05, 3.63) is 34.6 Å². The molecule has 3 nitrogen and oxygen atoms in total. The first kappa shape index (κ1) is 13.9. The summed E-state index contributed by atoms with van der Waals surface area (Å²) in [5, 5.41) is 2.65. The summed E-state index contributed by atoms with van der Waals surface area (Å²) in [6.45, 7) is 1.73. The summed E-state index contributed by atoms with van der Waals surface area (Å²) < 4.78 is 13.4. The summed E-state index contributed by atoms with van der Waals surface area (Å²) in [5.41, 5.74) is 5.18. The fraction of sp³-hybridized carbons (Fsp3) is 0.273. The van der Waals surface area contributed by atoms with Crippen molar-refractivity contribution >= 4 is 34.7 Å². The lowest BCUT2D eigenvalue weighted by Gasteiger charge is -2.13. The van der Waals surface area contributed by atoms with E-state index >= 15 is 0 Å². The fourth-order valence-corrected chi connectivity index (χ4v) is 1.86. The maximum absolute atomic E-state index is 13.4. The summed E-state index contributed by atoms with van der Waals surface area (Å²) in [5.74, 6) is -1.23. The highest BCUT2D eigenvalue weighted by atomic mass is 35.5. The Balaban J connectivity index is 2.80. The topological polar surface area (TPSA) is 55.1 Å². The minimum absolute atomic E-state index is 0.0741. The molecule has 0 aliphatic heterocycles. The van der Waals surface area contributed by atoms with E-state index in [0.717, 1.165) is 0 Å². The summed E-state index contributed by atoms with van der Waals surface area (Å²) >= 11 is 10.5. The second-order valence-corrected chi connectivity index (χ2v) is 4.57. The first-order valence-corrected chi connectivity index (χ1v) is 5.73. The number of nitrogens with two attached hydrogens (primary N) is 1. The Morgan fingerprint density at radius 3 is 2.82 bits per heavy atom. The van der Waals surface area contributed by atoms with Crippen LogP contribution in [0.1, 0.15) is 23.7 Å². The van der Waals surface area contributed by atoms with Gasteiger partial charge in [-0.1, -0.05) is 29.9 Å². The van der Waals surface area contributed by atoms with E-state index in [0.29, 0.717) is 6.42 Å². The Morgan fingerprint density at radius 1 is 1.65 bits per heavy atom. The molecular weight excluding hydrogens is 263 g/mol. The average molecular weight is 275 g/mol. The number of hydrogen-bond donors (Lipinski definition) is 2. The summed E-state index contributed by atoms with van der Waals surface area (Å²) in [6, 6.07) is 3.81. The van der Waals surface area contributed by atoms with Gasteiger partial charge in [-0.2, -0.15) is 0 Å². The molecule has 1 amide bonds. The smallest absolute Gasteiger partial charge is 0.255 e. The summed E-state index contributed by atoms with van der Waals surface area (Å²) in [4.78, 5) is 12.0. The van der Waals surface area contributed by atoms with Crippen molar-refractivity contribution in [2.24, 2.45) is 5.73 Å².